The summed E-state index contributed by atoms with van der Waals surface area (Å²) in [5.74, 6) is -0.273. The van der Waals surface area contributed by atoms with Gasteiger partial charge >= 0.3 is 6.03 Å². The largest absolute Gasteiger partial charge is 0.343 e. The van der Waals surface area contributed by atoms with E-state index in [1.165, 1.54) is 18.0 Å². The van der Waals surface area contributed by atoms with Crippen molar-refractivity contribution >= 4 is 17.8 Å². The number of rotatable bonds is 4. The van der Waals surface area contributed by atoms with E-state index in [2.05, 4.69) is 0 Å². The molecule has 2 fully saturated rings. The minimum absolute atomic E-state index is 0.0173. The summed E-state index contributed by atoms with van der Waals surface area (Å²) in [6, 6.07) is 5.71. The number of imide groups is 1. The Balaban J connectivity index is 1.52. The van der Waals surface area contributed by atoms with Crippen LogP contribution in [0, 0.1) is 11.7 Å². The predicted octanol–water partition coefficient (Wildman–Crippen LogP) is 1.89. The van der Waals surface area contributed by atoms with E-state index in [9.17, 15) is 18.8 Å². The number of likely N-dealkylation sites (tertiary alicyclic amines) is 1. The second kappa shape index (κ2) is 7.43. The average molecular weight is 361 g/mol. The normalized spacial score (nSPS) is 21.7. The first-order valence-corrected chi connectivity index (χ1v) is 8.94. The van der Waals surface area contributed by atoms with Crippen LogP contribution in [0.1, 0.15) is 24.8 Å². The van der Waals surface area contributed by atoms with Crippen molar-refractivity contribution in [3.05, 3.63) is 35.6 Å². The first-order valence-electron chi connectivity index (χ1n) is 8.94. The third-order valence-corrected chi connectivity index (χ3v) is 5.47. The quantitative estimate of drug-likeness (QED) is 0.770. The number of carbonyl (C=O) groups is 3. The zero-order valence-electron chi connectivity index (χ0n) is 15.2. The molecule has 7 heteroatoms. The lowest BCUT2D eigenvalue weighted by molar-refractivity contribution is -0.137. The molecule has 4 amide bonds. The molecule has 0 N–H and O–H groups in total. The number of benzene rings is 1. The van der Waals surface area contributed by atoms with Gasteiger partial charge in [0.1, 0.15) is 11.9 Å². The second-order valence-corrected chi connectivity index (χ2v) is 7.13. The molecule has 2 aliphatic heterocycles. The first kappa shape index (κ1) is 18.4. The molecule has 2 heterocycles. The Morgan fingerprint density at radius 2 is 1.81 bits per heavy atom. The van der Waals surface area contributed by atoms with Gasteiger partial charge in [0.25, 0.3) is 5.91 Å². The average Bonchev–Trinajstić information content (AvgIpc) is 2.82. The van der Waals surface area contributed by atoms with Crippen LogP contribution in [0.5, 0.6) is 0 Å². The summed E-state index contributed by atoms with van der Waals surface area (Å²) < 4.78 is 13.8. The molecule has 26 heavy (non-hydrogen) atoms. The van der Waals surface area contributed by atoms with Crippen molar-refractivity contribution in [1.82, 2.24) is 14.7 Å². The highest BCUT2D eigenvalue weighted by Gasteiger charge is 2.42. The number of hydrogen-bond donors (Lipinski definition) is 0. The van der Waals surface area contributed by atoms with Crippen LogP contribution in [0.3, 0.4) is 0 Å². The van der Waals surface area contributed by atoms with Gasteiger partial charge in [0, 0.05) is 27.2 Å². The van der Waals surface area contributed by atoms with Gasteiger partial charge in [0.15, 0.2) is 0 Å². The summed E-state index contributed by atoms with van der Waals surface area (Å²) in [6.07, 6.45) is 2.32. The van der Waals surface area contributed by atoms with Gasteiger partial charge in [-0.3, -0.25) is 14.5 Å². The summed E-state index contributed by atoms with van der Waals surface area (Å²) in [5.41, 5.74) is 0.719. The van der Waals surface area contributed by atoms with Crippen molar-refractivity contribution in [3.63, 3.8) is 0 Å². The van der Waals surface area contributed by atoms with Crippen LogP contribution in [0.4, 0.5) is 9.18 Å². The van der Waals surface area contributed by atoms with Gasteiger partial charge in [-0.1, -0.05) is 18.2 Å². The fourth-order valence-corrected chi connectivity index (χ4v) is 3.73. The summed E-state index contributed by atoms with van der Waals surface area (Å²) in [4.78, 5) is 40.6. The number of amides is 4. The van der Waals surface area contributed by atoms with Crippen LogP contribution >= 0.6 is 0 Å². The maximum Gasteiger partial charge on any atom is 0.326 e. The zero-order chi connectivity index (χ0) is 18.8. The van der Waals surface area contributed by atoms with E-state index in [4.69, 9.17) is 0 Å². The Labute approximate surface area is 152 Å². The molecule has 140 valence electrons. The van der Waals surface area contributed by atoms with E-state index in [0.717, 1.165) is 23.3 Å². The highest BCUT2D eigenvalue weighted by atomic mass is 19.1. The van der Waals surface area contributed by atoms with Gasteiger partial charge in [-0.2, -0.15) is 0 Å². The molecule has 0 aromatic heterocycles. The number of carbonyl (C=O) groups excluding carboxylic acids is 3. The monoisotopic (exact) mass is 361 g/mol. The van der Waals surface area contributed by atoms with E-state index in [0.29, 0.717) is 25.4 Å². The van der Waals surface area contributed by atoms with Crippen LogP contribution in [-0.2, 0) is 16.0 Å². The number of nitrogens with zero attached hydrogens (tertiary/aromatic N) is 3. The topological polar surface area (TPSA) is 60.9 Å². The van der Waals surface area contributed by atoms with Gasteiger partial charge in [-0.15, -0.1) is 0 Å². The fourth-order valence-electron chi connectivity index (χ4n) is 3.73. The van der Waals surface area contributed by atoms with Crippen LogP contribution < -0.4 is 0 Å². The minimum Gasteiger partial charge on any atom is -0.343 e. The van der Waals surface area contributed by atoms with Crippen molar-refractivity contribution < 1.29 is 18.8 Å². The highest BCUT2D eigenvalue weighted by Crippen LogP contribution is 2.24. The van der Waals surface area contributed by atoms with E-state index in [1.54, 1.807) is 18.0 Å². The van der Waals surface area contributed by atoms with Gasteiger partial charge in [-0.05, 0) is 36.8 Å². The lowest BCUT2D eigenvalue weighted by Gasteiger charge is -2.33. The Hall–Kier alpha value is -2.44. The van der Waals surface area contributed by atoms with Crippen LogP contribution in [0.25, 0.3) is 0 Å². The highest BCUT2D eigenvalue weighted by molar-refractivity contribution is 6.05. The Kier molecular flexibility index (Phi) is 5.25. The van der Waals surface area contributed by atoms with Crippen molar-refractivity contribution in [1.29, 1.82) is 0 Å². The van der Waals surface area contributed by atoms with Crippen molar-refractivity contribution in [2.75, 3.05) is 27.2 Å². The lowest BCUT2D eigenvalue weighted by Crippen LogP contribution is -2.43. The van der Waals surface area contributed by atoms with Crippen LogP contribution in [0.2, 0.25) is 0 Å². The molecule has 0 spiro atoms. The molecular formula is C19H24FN3O3. The molecule has 0 saturated carbocycles. The van der Waals surface area contributed by atoms with E-state index >= 15 is 0 Å². The fraction of sp³-hybridized carbons (Fsp3) is 0.526. The summed E-state index contributed by atoms with van der Waals surface area (Å²) in [7, 11) is 2.97. The molecule has 0 bridgehead atoms. The Morgan fingerprint density at radius 1 is 1.15 bits per heavy atom. The number of halogens is 1. The summed E-state index contributed by atoms with van der Waals surface area (Å²) in [5, 5.41) is 0. The molecule has 0 aliphatic carbocycles. The molecule has 2 saturated heterocycles. The maximum absolute atomic E-state index is 13.8. The minimum atomic E-state index is -0.712. The molecule has 1 aromatic carbocycles. The predicted molar refractivity (Wildman–Crippen MR) is 93.7 cm³/mol. The van der Waals surface area contributed by atoms with Gasteiger partial charge < -0.3 is 9.80 Å². The summed E-state index contributed by atoms with van der Waals surface area (Å²) >= 11 is 0. The lowest BCUT2D eigenvalue weighted by atomic mass is 9.90. The molecule has 3 rings (SSSR count). The number of likely N-dealkylation sites (N-methyl/N-ethyl adjacent to an activating group) is 2. The standard InChI is InChI=1S/C19H24FN3O3/c1-21-16(18(25)22(2)19(21)26)12-17(24)23-9-7-13(8-10-23)11-14-5-3-4-6-15(14)20/h3-6,13,16H,7-12H2,1-2H3/t16-/m0/s1. The van der Waals surface area contributed by atoms with Gasteiger partial charge in [0.2, 0.25) is 5.91 Å². The number of hydrogen-bond acceptors (Lipinski definition) is 3. The third kappa shape index (κ3) is 3.57. The SMILES string of the molecule is CN1C(=O)[C@H](CC(=O)N2CCC(Cc3ccccc3F)CC2)N(C)C1=O. The molecule has 1 aromatic rings. The molecule has 0 radical (unpaired) electrons. The van der Waals surface area contributed by atoms with E-state index in [1.807, 2.05) is 12.1 Å². The smallest absolute Gasteiger partial charge is 0.326 e. The van der Waals surface area contributed by atoms with Crippen molar-refractivity contribution in [2.45, 2.75) is 31.7 Å². The molecule has 1 atom stereocenters. The van der Waals surface area contributed by atoms with E-state index in [-0.39, 0.29) is 30.1 Å². The van der Waals surface area contributed by atoms with E-state index < -0.39 is 6.04 Å². The number of piperidine rings is 1. The molecule has 6 nitrogen and oxygen atoms in total. The second-order valence-electron chi connectivity index (χ2n) is 7.13. The Morgan fingerprint density at radius 3 is 2.38 bits per heavy atom. The zero-order valence-corrected chi connectivity index (χ0v) is 15.2. The van der Waals surface area contributed by atoms with Crippen LogP contribution in [-0.4, -0.2) is 65.8 Å². The van der Waals surface area contributed by atoms with Gasteiger partial charge in [-0.25, -0.2) is 9.18 Å². The molecular weight excluding hydrogens is 337 g/mol. The Bertz CT molecular complexity index is 716. The van der Waals surface area contributed by atoms with Crippen LogP contribution in [0.15, 0.2) is 24.3 Å². The first-order chi connectivity index (χ1) is 12.4. The molecule has 0 unspecified atom stereocenters. The van der Waals surface area contributed by atoms with Gasteiger partial charge in [0.05, 0.1) is 6.42 Å². The third-order valence-electron chi connectivity index (χ3n) is 5.47. The van der Waals surface area contributed by atoms with Crippen molar-refractivity contribution in [2.24, 2.45) is 5.92 Å². The summed E-state index contributed by atoms with van der Waals surface area (Å²) in [6.45, 7) is 1.21. The maximum atomic E-state index is 13.8. The van der Waals surface area contributed by atoms with Crippen molar-refractivity contribution in [3.8, 4) is 0 Å². The molecule has 2 aliphatic rings. The number of urea groups is 1.